The van der Waals surface area contributed by atoms with Gasteiger partial charge >= 0.3 is 12.1 Å². The van der Waals surface area contributed by atoms with E-state index in [1.54, 1.807) is 13.0 Å². The number of amides is 2. The number of nitrogens with zero attached hydrogens (tertiary/aromatic N) is 1. The number of hydrogen-bond acceptors (Lipinski definition) is 4. The summed E-state index contributed by atoms with van der Waals surface area (Å²) < 4.78 is 44.5. The maximum absolute atomic E-state index is 13.1. The number of carbonyl (C=O) groups excluding carboxylic acids is 2. The van der Waals surface area contributed by atoms with E-state index in [1.807, 2.05) is 30.3 Å². The second-order valence-corrected chi connectivity index (χ2v) is 7.66. The molecule has 0 bridgehead atoms. The highest BCUT2D eigenvalue weighted by atomic mass is 19.4. The second kappa shape index (κ2) is 11.9. The van der Waals surface area contributed by atoms with Crippen molar-refractivity contribution in [2.45, 2.75) is 56.9 Å². The van der Waals surface area contributed by atoms with Crippen LogP contribution in [0.25, 0.3) is 0 Å². The molecule has 172 valence electrons. The number of nitrogens with two attached hydrogens (primary N) is 1. The first-order valence-corrected chi connectivity index (χ1v) is 10.4. The van der Waals surface area contributed by atoms with Crippen LogP contribution in [-0.2, 0) is 20.7 Å². The van der Waals surface area contributed by atoms with Crippen molar-refractivity contribution < 1.29 is 27.5 Å². The Labute approximate surface area is 180 Å². The molecule has 2 amide bonds. The largest absolute Gasteiger partial charge is 0.471 e. The molecule has 2 atom stereocenters. The Hall–Kier alpha value is -2.39. The molecule has 0 aromatic heterocycles. The van der Waals surface area contributed by atoms with Crippen molar-refractivity contribution in [2.75, 3.05) is 19.8 Å². The van der Waals surface area contributed by atoms with Crippen LogP contribution in [0.4, 0.5) is 13.2 Å². The van der Waals surface area contributed by atoms with E-state index >= 15 is 0 Å². The number of benzene rings is 1. The van der Waals surface area contributed by atoms with Gasteiger partial charge in [-0.3, -0.25) is 9.59 Å². The van der Waals surface area contributed by atoms with E-state index in [9.17, 15) is 22.8 Å². The van der Waals surface area contributed by atoms with Gasteiger partial charge in [-0.15, -0.1) is 0 Å². The lowest BCUT2D eigenvalue weighted by molar-refractivity contribution is -0.188. The third kappa shape index (κ3) is 8.34. The van der Waals surface area contributed by atoms with E-state index in [4.69, 9.17) is 10.5 Å². The molecule has 31 heavy (non-hydrogen) atoms. The molecule has 6 nitrogen and oxygen atoms in total. The molecule has 0 saturated carbocycles. The standard InChI is InChI=1S/C22H30F3N3O3/c1-16(26)20(29)27-18(10-9-17-6-3-2-4-7-17)8-5-13-28(21(30)22(23,24)25)19-11-14-31-15-12-19/h2-8,16,18-19H,9-15,26H2,1H3,(H,27,29)/b8-5+/t16-,18+/m0/s1. The zero-order valence-electron chi connectivity index (χ0n) is 17.6. The Kier molecular flexibility index (Phi) is 9.51. The summed E-state index contributed by atoms with van der Waals surface area (Å²) >= 11 is 0. The molecule has 1 heterocycles. The summed E-state index contributed by atoms with van der Waals surface area (Å²) in [6.07, 6.45) is 0.129. The number of aryl methyl sites for hydroxylation is 1. The lowest BCUT2D eigenvalue weighted by Crippen LogP contribution is -2.49. The molecule has 2 rings (SSSR count). The van der Waals surface area contributed by atoms with Gasteiger partial charge in [0.1, 0.15) is 0 Å². The highest BCUT2D eigenvalue weighted by molar-refractivity contribution is 5.82. The highest BCUT2D eigenvalue weighted by Gasteiger charge is 2.44. The van der Waals surface area contributed by atoms with E-state index in [-0.39, 0.29) is 12.5 Å². The first-order chi connectivity index (χ1) is 14.7. The monoisotopic (exact) mass is 441 g/mol. The van der Waals surface area contributed by atoms with Crippen LogP contribution in [0.15, 0.2) is 42.5 Å². The van der Waals surface area contributed by atoms with Gasteiger partial charge in [0.2, 0.25) is 5.91 Å². The Morgan fingerprint density at radius 2 is 1.90 bits per heavy atom. The lowest BCUT2D eigenvalue weighted by Gasteiger charge is -2.34. The third-order valence-electron chi connectivity index (χ3n) is 5.13. The van der Waals surface area contributed by atoms with Crippen LogP contribution >= 0.6 is 0 Å². The molecule has 0 aliphatic carbocycles. The number of halogens is 3. The maximum atomic E-state index is 13.1. The summed E-state index contributed by atoms with van der Waals surface area (Å²) in [5, 5.41) is 2.80. The fourth-order valence-electron chi connectivity index (χ4n) is 3.39. The van der Waals surface area contributed by atoms with Gasteiger partial charge in [-0.25, -0.2) is 0 Å². The predicted octanol–water partition coefficient (Wildman–Crippen LogP) is 2.58. The summed E-state index contributed by atoms with van der Waals surface area (Å²) in [5.41, 5.74) is 6.70. The average molecular weight is 441 g/mol. The van der Waals surface area contributed by atoms with Crippen molar-refractivity contribution in [1.29, 1.82) is 0 Å². The van der Waals surface area contributed by atoms with Crippen molar-refractivity contribution in [1.82, 2.24) is 10.2 Å². The Morgan fingerprint density at radius 3 is 2.48 bits per heavy atom. The molecular weight excluding hydrogens is 411 g/mol. The summed E-state index contributed by atoms with van der Waals surface area (Å²) in [6.45, 7) is 2.00. The molecule has 0 radical (unpaired) electrons. The van der Waals surface area contributed by atoms with Crippen LogP contribution in [-0.4, -0.2) is 60.8 Å². The van der Waals surface area contributed by atoms with Gasteiger partial charge < -0.3 is 20.7 Å². The van der Waals surface area contributed by atoms with Crippen LogP contribution in [0.3, 0.4) is 0 Å². The second-order valence-electron chi connectivity index (χ2n) is 7.66. The molecule has 0 unspecified atom stereocenters. The number of rotatable bonds is 9. The molecule has 1 aromatic rings. The van der Waals surface area contributed by atoms with Crippen molar-refractivity contribution in [3.63, 3.8) is 0 Å². The highest BCUT2D eigenvalue weighted by Crippen LogP contribution is 2.23. The van der Waals surface area contributed by atoms with Crippen LogP contribution in [0.2, 0.25) is 0 Å². The summed E-state index contributed by atoms with van der Waals surface area (Å²) in [5.74, 6) is -2.21. The van der Waals surface area contributed by atoms with Crippen LogP contribution in [0, 0.1) is 0 Å². The Bertz CT molecular complexity index is 733. The van der Waals surface area contributed by atoms with Crippen molar-refractivity contribution in [2.24, 2.45) is 5.73 Å². The van der Waals surface area contributed by atoms with E-state index < -0.39 is 30.2 Å². The maximum Gasteiger partial charge on any atom is 0.471 e. The quantitative estimate of drug-likeness (QED) is 0.577. The molecule has 1 saturated heterocycles. The minimum Gasteiger partial charge on any atom is -0.381 e. The van der Waals surface area contributed by atoms with Gasteiger partial charge in [0.05, 0.1) is 6.04 Å². The number of carbonyl (C=O) groups is 2. The number of nitrogens with one attached hydrogen (secondary N) is 1. The predicted molar refractivity (Wildman–Crippen MR) is 111 cm³/mol. The van der Waals surface area contributed by atoms with Crippen molar-refractivity contribution in [3.05, 3.63) is 48.0 Å². The lowest BCUT2D eigenvalue weighted by atomic mass is 10.0. The van der Waals surface area contributed by atoms with Gasteiger partial charge in [0.15, 0.2) is 0 Å². The Morgan fingerprint density at radius 1 is 1.26 bits per heavy atom. The molecular formula is C22H30F3N3O3. The molecule has 1 aliphatic rings. The molecule has 1 aromatic carbocycles. The van der Waals surface area contributed by atoms with Crippen LogP contribution in [0.1, 0.15) is 31.7 Å². The topological polar surface area (TPSA) is 84.7 Å². The SMILES string of the molecule is C[C@H](N)C(=O)N[C@H](/C=C/CN(C(=O)C(F)(F)F)C1CCOCC1)CCc1ccccc1. The first kappa shape index (κ1) is 24.9. The molecule has 1 fully saturated rings. The minimum atomic E-state index is -4.94. The molecule has 0 spiro atoms. The summed E-state index contributed by atoms with van der Waals surface area (Å²) in [7, 11) is 0. The first-order valence-electron chi connectivity index (χ1n) is 10.4. The Balaban J connectivity index is 2.08. The van der Waals surface area contributed by atoms with Crippen LogP contribution < -0.4 is 11.1 Å². The zero-order chi connectivity index (χ0) is 22.9. The van der Waals surface area contributed by atoms with Crippen LogP contribution in [0.5, 0.6) is 0 Å². The van der Waals surface area contributed by atoms with Gasteiger partial charge in [0.25, 0.3) is 0 Å². The third-order valence-corrected chi connectivity index (χ3v) is 5.13. The van der Waals surface area contributed by atoms with E-state index in [0.717, 1.165) is 10.5 Å². The molecule has 9 heteroatoms. The van der Waals surface area contributed by atoms with E-state index in [2.05, 4.69) is 5.32 Å². The van der Waals surface area contributed by atoms with E-state index in [0.29, 0.717) is 38.9 Å². The van der Waals surface area contributed by atoms with Gasteiger partial charge in [-0.1, -0.05) is 42.5 Å². The normalized spacial score (nSPS) is 17.3. The summed E-state index contributed by atoms with van der Waals surface area (Å²) in [6, 6.07) is 7.99. The smallest absolute Gasteiger partial charge is 0.381 e. The van der Waals surface area contributed by atoms with Crippen molar-refractivity contribution >= 4 is 11.8 Å². The van der Waals surface area contributed by atoms with Gasteiger partial charge in [-0.05, 0) is 38.2 Å². The fraction of sp³-hybridized carbons (Fsp3) is 0.545. The minimum absolute atomic E-state index is 0.196. The van der Waals surface area contributed by atoms with Gasteiger partial charge in [0, 0.05) is 31.8 Å². The number of ether oxygens (including phenoxy) is 1. The fourth-order valence-corrected chi connectivity index (χ4v) is 3.39. The average Bonchev–Trinajstić information content (AvgIpc) is 2.75. The zero-order valence-corrected chi connectivity index (χ0v) is 17.6. The number of alkyl halides is 3. The van der Waals surface area contributed by atoms with E-state index in [1.165, 1.54) is 6.08 Å². The number of hydrogen-bond donors (Lipinski definition) is 2. The summed E-state index contributed by atoms with van der Waals surface area (Å²) in [4.78, 5) is 24.9. The molecule has 1 aliphatic heterocycles. The van der Waals surface area contributed by atoms with Crippen molar-refractivity contribution in [3.8, 4) is 0 Å². The molecule has 3 N–H and O–H groups in total. The van der Waals surface area contributed by atoms with Gasteiger partial charge in [-0.2, -0.15) is 13.2 Å².